The van der Waals surface area contributed by atoms with Crippen LogP contribution in [0.4, 0.5) is 0 Å². The van der Waals surface area contributed by atoms with E-state index in [1.54, 1.807) is 7.11 Å². The molecule has 6 nitrogen and oxygen atoms in total. The molecule has 1 unspecified atom stereocenters. The predicted octanol–water partition coefficient (Wildman–Crippen LogP) is 0.740. The van der Waals surface area contributed by atoms with Gasteiger partial charge in [0.05, 0.1) is 6.61 Å². The van der Waals surface area contributed by atoms with Crippen molar-refractivity contribution in [2.45, 2.75) is 31.2 Å². The van der Waals surface area contributed by atoms with Crippen molar-refractivity contribution in [3.8, 4) is 0 Å². The lowest BCUT2D eigenvalue weighted by molar-refractivity contribution is 0.0830. The Morgan fingerprint density at radius 2 is 2.22 bits per heavy atom. The summed E-state index contributed by atoms with van der Waals surface area (Å²) in [6, 6.07) is 0.206. The first kappa shape index (κ1) is 13.5. The van der Waals surface area contributed by atoms with Crippen molar-refractivity contribution in [2.24, 2.45) is 0 Å². The number of hydrogen-bond acceptors (Lipinski definition) is 6. The molecule has 1 saturated heterocycles. The van der Waals surface area contributed by atoms with Gasteiger partial charge in [-0.3, -0.25) is 0 Å². The van der Waals surface area contributed by atoms with Crippen molar-refractivity contribution in [3.05, 3.63) is 11.7 Å². The molecule has 0 saturated carbocycles. The molecule has 102 valence electrons. The molecule has 1 aromatic heterocycles. The van der Waals surface area contributed by atoms with Crippen LogP contribution in [-0.2, 0) is 15.9 Å². The van der Waals surface area contributed by atoms with Crippen molar-refractivity contribution < 1.29 is 14.0 Å². The van der Waals surface area contributed by atoms with Crippen LogP contribution in [0.15, 0.2) is 4.52 Å². The van der Waals surface area contributed by atoms with Crippen molar-refractivity contribution in [1.82, 2.24) is 15.5 Å². The topological polar surface area (TPSA) is 69.4 Å². The summed E-state index contributed by atoms with van der Waals surface area (Å²) in [7, 11) is 3.59. The van der Waals surface area contributed by atoms with Crippen LogP contribution < -0.4 is 5.32 Å². The zero-order valence-electron chi connectivity index (χ0n) is 11.0. The summed E-state index contributed by atoms with van der Waals surface area (Å²) >= 11 is 0. The zero-order valence-corrected chi connectivity index (χ0v) is 11.0. The highest BCUT2D eigenvalue weighted by atomic mass is 16.5. The quantitative estimate of drug-likeness (QED) is 0.808. The number of aromatic nitrogens is 2. The number of methoxy groups -OCH3 is 1. The van der Waals surface area contributed by atoms with Crippen LogP contribution in [0.3, 0.4) is 0 Å². The lowest BCUT2D eigenvalue weighted by Gasteiger charge is -2.18. The molecule has 0 spiro atoms. The highest BCUT2D eigenvalue weighted by molar-refractivity contribution is 4.97. The number of ether oxygens (including phenoxy) is 2. The Morgan fingerprint density at radius 3 is 2.89 bits per heavy atom. The largest absolute Gasteiger partial charge is 0.383 e. The molecule has 0 amide bonds. The second-order valence-electron chi connectivity index (χ2n) is 4.58. The summed E-state index contributed by atoms with van der Waals surface area (Å²) in [6.45, 7) is 2.21. The van der Waals surface area contributed by atoms with Gasteiger partial charge >= 0.3 is 0 Å². The van der Waals surface area contributed by atoms with E-state index >= 15 is 0 Å². The Bertz CT molecular complexity index is 350. The summed E-state index contributed by atoms with van der Waals surface area (Å²) in [6.07, 6.45) is 2.65. The highest BCUT2D eigenvalue weighted by Gasteiger charge is 2.22. The molecule has 18 heavy (non-hydrogen) atoms. The second kappa shape index (κ2) is 6.82. The van der Waals surface area contributed by atoms with Gasteiger partial charge in [0.2, 0.25) is 5.89 Å². The van der Waals surface area contributed by atoms with E-state index in [1.807, 2.05) is 7.05 Å². The van der Waals surface area contributed by atoms with Crippen LogP contribution in [0, 0.1) is 0 Å². The molecular weight excluding hydrogens is 234 g/mol. The van der Waals surface area contributed by atoms with Crippen LogP contribution in [0.25, 0.3) is 0 Å². The molecule has 6 heteroatoms. The molecule has 0 aliphatic carbocycles. The van der Waals surface area contributed by atoms with Crippen LogP contribution in [0.5, 0.6) is 0 Å². The molecule has 0 bridgehead atoms. The molecule has 1 aliphatic heterocycles. The van der Waals surface area contributed by atoms with E-state index in [2.05, 4.69) is 15.5 Å². The van der Waals surface area contributed by atoms with Gasteiger partial charge in [0.15, 0.2) is 5.82 Å². The maximum atomic E-state index is 5.33. The van der Waals surface area contributed by atoms with Crippen molar-refractivity contribution in [1.29, 1.82) is 0 Å². The molecule has 0 radical (unpaired) electrons. The lowest BCUT2D eigenvalue weighted by atomic mass is 10.00. The average Bonchev–Trinajstić information content (AvgIpc) is 2.88. The minimum Gasteiger partial charge on any atom is -0.383 e. The van der Waals surface area contributed by atoms with E-state index in [9.17, 15) is 0 Å². The van der Waals surface area contributed by atoms with Gasteiger partial charge in [-0.05, 0) is 19.9 Å². The van der Waals surface area contributed by atoms with E-state index in [-0.39, 0.29) is 6.04 Å². The van der Waals surface area contributed by atoms with Gasteiger partial charge in [-0.2, -0.15) is 4.98 Å². The van der Waals surface area contributed by atoms with E-state index in [4.69, 9.17) is 14.0 Å². The van der Waals surface area contributed by atoms with Crippen molar-refractivity contribution >= 4 is 0 Å². The normalized spacial score (nSPS) is 19.0. The maximum absolute atomic E-state index is 5.33. The van der Waals surface area contributed by atoms with E-state index in [1.165, 1.54) is 0 Å². The van der Waals surface area contributed by atoms with Crippen LogP contribution in [0.1, 0.15) is 30.5 Å². The van der Waals surface area contributed by atoms with Crippen LogP contribution in [0.2, 0.25) is 0 Å². The van der Waals surface area contributed by atoms with Crippen molar-refractivity contribution in [3.63, 3.8) is 0 Å². The summed E-state index contributed by atoms with van der Waals surface area (Å²) in [5.74, 6) is 1.88. The van der Waals surface area contributed by atoms with E-state index in [0.29, 0.717) is 24.8 Å². The van der Waals surface area contributed by atoms with Gasteiger partial charge in [0.1, 0.15) is 0 Å². The maximum Gasteiger partial charge on any atom is 0.228 e. The van der Waals surface area contributed by atoms with Gasteiger partial charge in [-0.1, -0.05) is 5.16 Å². The van der Waals surface area contributed by atoms with Gasteiger partial charge < -0.3 is 19.3 Å². The minimum absolute atomic E-state index is 0.206. The molecule has 1 atom stereocenters. The van der Waals surface area contributed by atoms with E-state index in [0.717, 1.165) is 31.9 Å². The summed E-state index contributed by atoms with van der Waals surface area (Å²) in [5, 5.41) is 7.24. The number of nitrogens with one attached hydrogen (secondary N) is 1. The molecule has 1 aliphatic rings. The SMILES string of the molecule is CNC(COC)Cc1nc(C2CCOCC2)no1. The summed E-state index contributed by atoms with van der Waals surface area (Å²) in [4.78, 5) is 4.48. The monoisotopic (exact) mass is 255 g/mol. The lowest BCUT2D eigenvalue weighted by Crippen LogP contribution is -2.32. The first-order chi connectivity index (χ1) is 8.83. The Morgan fingerprint density at radius 1 is 1.44 bits per heavy atom. The fourth-order valence-electron chi connectivity index (χ4n) is 2.13. The molecule has 2 rings (SSSR count). The van der Waals surface area contributed by atoms with Gasteiger partial charge in [-0.15, -0.1) is 0 Å². The third-order valence-corrected chi connectivity index (χ3v) is 3.27. The number of likely N-dealkylation sites (N-methyl/N-ethyl adjacent to an activating group) is 1. The molecule has 2 heterocycles. The average molecular weight is 255 g/mol. The van der Waals surface area contributed by atoms with Crippen molar-refractivity contribution in [2.75, 3.05) is 34.0 Å². The molecule has 1 fully saturated rings. The number of hydrogen-bond donors (Lipinski definition) is 1. The minimum atomic E-state index is 0.206. The highest BCUT2D eigenvalue weighted by Crippen LogP contribution is 2.24. The summed E-state index contributed by atoms with van der Waals surface area (Å²) < 4.78 is 15.7. The third kappa shape index (κ3) is 3.51. The Balaban J connectivity index is 1.92. The van der Waals surface area contributed by atoms with Gasteiger partial charge in [0, 0.05) is 38.7 Å². The van der Waals surface area contributed by atoms with Gasteiger partial charge in [0.25, 0.3) is 0 Å². The van der Waals surface area contributed by atoms with E-state index < -0.39 is 0 Å². The second-order valence-corrected chi connectivity index (χ2v) is 4.58. The fourth-order valence-corrected chi connectivity index (χ4v) is 2.13. The number of nitrogens with zero attached hydrogens (tertiary/aromatic N) is 2. The zero-order chi connectivity index (χ0) is 12.8. The Kier molecular flexibility index (Phi) is 5.10. The standard InChI is InChI=1S/C12H21N3O3/c1-13-10(8-16-2)7-11-14-12(15-18-11)9-3-5-17-6-4-9/h9-10,13H,3-8H2,1-2H3. The fraction of sp³-hybridized carbons (Fsp3) is 0.833. The molecular formula is C12H21N3O3. The Labute approximate surface area is 107 Å². The smallest absolute Gasteiger partial charge is 0.228 e. The molecule has 1 N–H and O–H groups in total. The first-order valence-electron chi connectivity index (χ1n) is 6.40. The molecule has 0 aromatic carbocycles. The number of rotatable bonds is 6. The summed E-state index contributed by atoms with van der Waals surface area (Å²) in [5.41, 5.74) is 0. The first-order valence-corrected chi connectivity index (χ1v) is 6.40. The van der Waals surface area contributed by atoms with Crippen LogP contribution >= 0.6 is 0 Å². The predicted molar refractivity (Wildman–Crippen MR) is 65.5 cm³/mol. The van der Waals surface area contributed by atoms with Gasteiger partial charge in [-0.25, -0.2) is 0 Å². The van der Waals surface area contributed by atoms with Crippen LogP contribution in [-0.4, -0.2) is 50.2 Å². The molecule has 1 aromatic rings. The Hall–Kier alpha value is -0.980. The third-order valence-electron chi connectivity index (χ3n) is 3.27.